The number of amides is 3. The molecule has 1 aromatic rings. The molecule has 0 heterocycles. The van der Waals surface area contributed by atoms with E-state index < -0.39 is 48.4 Å². The number of nitrogens with two attached hydrogens (primary N) is 1. The zero-order valence-corrected chi connectivity index (χ0v) is 17.3. The smallest absolute Gasteiger partial charge is 0.326 e. The Morgan fingerprint density at radius 2 is 1.57 bits per heavy atom. The van der Waals surface area contributed by atoms with E-state index in [1.807, 2.05) is 13.8 Å². The molecule has 0 saturated carbocycles. The maximum atomic E-state index is 12.6. The molecule has 10 heteroatoms. The largest absolute Gasteiger partial charge is 0.508 e. The second-order valence-corrected chi connectivity index (χ2v) is 7.53. The van der Waals surface area contributed by atoms with Crippen molar-refractivity contribution >= 4 is 23.7 Å². The van der Waals surface area contributed by atoms with Crippen LogP contribution in [0.25, 0.3) is 0 Å². The average Bonchev–Trinajstić information content (AvgIpc) is 2.66. The van der Waals surface area contributed by atoms with E-state index in [-0.39, 0.29) is 24.5 Å². The summed E-state index contributed by atoms with van der Waals surface area (Å²) in [6.45, 7) is 4.69. The van der Waals surface area contributed by atoms with Crippen molar-refractivity contribution in [2.24, 2.45) is 11.7 Å². The van der Waals surface area contributed by atoms with Gasteiger partial charge >= 0.3 is 5.97 Å². The van der Waals surface area contributed by atoms with Gasteiger partial charge < -0.3 is 31.9 Å². The predicted molar refractivity (Wildman–Crippen MR) is 109 cm³/mol. The van der Waals surface area contributed by atoms with Crippen molar-refractivity contribution in [3.63, 3.8) is 0 Å². The molecule has 0 bridgehead atoms. The lowest BCUT2D eigenvalue weighted by molar-refractivity contribution is -0.142. The number of nitrogens with one attached hydrogen (secondary N) is 3. The number of aromatic hydroxyl groups is 1. The molecule has 10 nitrogen and oxygen atoms in total. The zero-order valence-electron chi connectivity index (χ0n) is 17.3. The number of hydrogen-bond acceptors (Lipinski definition) is 6. The molecule has 1 aromatic carbocycles. The molecule has 0 radical (unpaired) electrons. The summed E-state index contributed by atoms with van der Waals surface area (Å²) in [5.74, 6) is -2.85. The van der Waals surface area contributed by atoms with Gasteiger partial charge in [-0.25, -0.2) is 4.79 Å². The summed E-state index contributed by atoms with van der Waals surface area (Å²) in [4.78, 5) is 47.8. The summed E-state index contributed by atoms with van der Waals surface area (Å²) in [7, 11) is 0. The van der Waals surface area contributed by atoms with Crippen LogP contribution in [-0.2, 0) is 25.6 Å². The number of carbonyl (C=O) groups is 4. The van der Waals surface area contributed by atoms with Crippen LogP contribution in [0.2, 0.25) is 0 Å². The lowest BCUT2D eigenvalue weighted by Crippen LogP contribution is -2.53. The third kappa shape index (κ3) is 8.91. The highest BCUT2D eigenvalue weighted by molar-refractivity contribution is 5.92. The molecule has 30 heavy (non-hydrogen) atoms. The van der Waals surface area contributed by atoms with E-state index in [1.165, 1.54) is 19.1 Å². The third-order valence-corrected chi connectivity index (χ3v) is 4.19. The molecule has 3 unspecified atom stereocenters. The van der Waals surface area contributed by atoms with Gasteiger partial charge in [0.2, 0.25) is 17.7 Å². The highest BCUT2D eigenvalue weighted by Gasteiger charge is 2.25. The number of rotatable bonds is 11. The van der Waals surface area contributed by atoms with Gasteiger partial charge in [0.15, 0.2) is 0 Å². The predicted octanol–water partition coefficient (Wildman–Crippen LogP) is -0.502. The Balaban J connectivity index is 2.75. The Bertz CT molecular complexity index is 748. The summed E-state index contributed by atoms with van der Waals surface area (Å²) in [5.41, 5.74) is 6.22. The number of carboxylic acids is 1. The summed E-state index contributed by atoms with van der Waals surface area (Å²) in [5, 5.41) is 25.9. The molecule has 1 rings (SSSR count). The first-order chi connectivity index (χ1) is 14.0. The molecule has 0 fully saturated rings. The van der Waals surface area contributed by atoms with Gasteiger partial charge in [0.25, 0.3) is 0 Å². The molecule has 0 aliphatic heterocycles. The van der Waals surface area contributed by atoms with Crippen LogP contribution in [0, 0.1) is 5.92 Å². The van der Waals surface area contributed by atoms with Crippen LogP contribution in [0.5, 0.6) is 5.75 Å². The third-order valence-electron chi connectivity index (χ3n) is 4.19. The quantitative estimate of drug-likeness (QED) is 0.279. The minimum atomic E-state index is -1.15. The summed E-state index contributed by atoms with van der Waals surface area (Å²) >= 11 is 0. The molecule has 0 aliphatic carbocycles. The number of hydrogen-bond donors (Lipinski definition) is 6. The van der Waals surface area contributed by atoms with Crippen LogP contribution in [0.4, 0.5) is 0 Å². The van der Waals surface area contributed by atoms with E-state index in [4.69, 9.17) is 5.73 Å². The molecular formula is C20H30N4O6. The minimum Gasteiger partial charge on any atom is -0.508 e. The van der Waals surface area contributed by atoms with E-state index in [0.29, 0.717) is 5.56 Å². The topological polar surface area (TPSA) is 171 Å². The minimum absolute atomic E-state index is 0.0594. The van der Waals surface area contributed by atoms with Gasteiger partial charge in [-0.15, -0.1) is 0 Å². The standard InChI is InChI=1S/C20H30N4O6/c1-11(2)8-16(20(29)30)23-17(26)10-22-19(28)15(24-18(27)12(3)21)9-13-4-6-14(25)7-5-13/h4-7,11-12,15-16,25H,8-10,21H2,1-3H3,(H,22,28)(H,23,26)(H,24,27)(H,29,30). The summed E-state index contributed by atoms with van der Waals surface area (Å²) in [6, 6.07) is 3.20. The van der Waals surface area contributed by atoms with Crippen molar-refractivity contribution in [2.45, 2.75) is 51.7 Å². The summed E-state index contributed by atoms with van der Waals surface area (Å²) in [6.07, 6.45) is 0.361. The number of carbonyl (C=O) groups excluding carboxylic acids is 3. The summed E-state index contributed by atoms with van der Waals surface area (Å²) < 4.78 is 0. The number of aliphatic carboxylic acids is 1. The normalized spacial score (nSPS) is 13.8. The van der Waals surface area contributed by atoms with Gasteiger partial charge in [0, 0.05) is 6.42 Å². The maximum Gasteiger partial charge on any atom is 0.326 e. The molecule has 0 aliphatic rings. The highest BCUT2D eigenvalue weighted by Crippen LogP contribution is 2.11. The van der Waals surface area contributed by atoms with Gasteiger partial charge in [0.1, 0.15) is 17.8 Å². The molecule has 0 saturated heterocycles. The Kier molecular flexibility index (Phi) is 9.76. The van der Waals surface area contributed by atoms with Crippen LogP contribution in [-0.4, -0.2) is 58.6 Å². The number of benzene rings is 1. The van der Waals surface area contributed by atoms with Crippen molar-refractivity contribution in [2.75, 3.05) is 6.54 Å². The average molecular weight is 422 g/mol. The van der Waals surface area contributed by atoms with E-state index >= 15 is 0 Å². The van der Waals surface area contributed by atoms with Gasteiger partial charge in [-0.2, -0.15) is 0 Å². The van der Waals surface area contributed by atoms with E-state index in [1.54, 1.807) is 12.1 Å². The van der Waals surface area contributed by atoms with Crippen molar-refractivity contribution in [3.05, 3.63) is 29.8 Å². The van der Waals surface area contributed by atoms with Gasteiger partial charge in [-0.1, -0.05) is 26.0 Å². The molecule has 7 N–H and O–H groups in total. The van der Waals surface area contributed by atoms with Gasteiger partial charge in [-0.3, -0.25) is 14.4 Å². The Hall–Kier alpha value is -3.14. The molecular weight excluding hydrogens is 392 g/mol. The van der Waals surface area contributed by atoms with Gasteiger partial charge in [0.05, 0.1) is 12.6 Å². The lowest BCUT2D eigenvalue weighted by atomic mass is 10.0. The van der Waals surface area contributed by atoms with Crippen LogP contribution in [0.15, 0.2) is 24.3 Å². The number of phenolic OH excluding ortho intramolecular Hbond substituents is 1. The first kappa shape index (κ1) is 24.9. The number of phenols is 1. The van der Waals surface area contributed by atoms with Crippen molar-refractivity contribution in [1.29, 1.82) is 0 Å². The maximum absolute atomic E-state index is 12.6. The van der Waals surface area contributed by atoms with Crippen LogP contribution in [0.1, 0.15) is 32.8 Å². The van der Waals surface area contributed by atoms with Crippen molar-refractivity contribution in [1.82, 2.24) is 16.0 Å². The SMILES string of the molecule is CC(C)CC(NC(=O)CNC(=O)C(Cc1ccc(O)cc1)NC(=O)C(C)N)C(=O)O. The highest BCUT2D eigenvalue weighted by atomic mass is 16.4. The number of carboxylic acid groups (broad SMARTS) is 1. The van der Waals surface area contributed by atoms with E-state index in [2.05, 4.69) is 16.0 Å². The van der Waals surface area contributed by atoms with Crippen molar-refractivity contribution in [3.8, 4) is 5.75 Å². The van der Waals surface area contributed by atoms with E-state index in [9.17, 15) is 29.4 Å². The lowest BCUT2D eigenvalue weighted by Gasteiger charge is -2.20. The second-order valence-electron chi connectivity index (χ2n) is 7.53. The first-order valence-corrected chi connectivity index (χ1v) is 9.63. The molecule has 0 spiro atoms. The van der Waals surface area contributed by atoms with Crippen LogP contribution >= 0.6 is 0 Å². The fourth-order valence-corrected chi connectivity index (χ4v) is 2.61. The Labute approximate surface area is 175 Å². The Morgan fingerprint density at radius 1 is 0.967 bits per heavy atom. The molecule has 166 valence electrons. The molecule has 3 amide bonds. The van der Waals surface area contributed by atoms with Crippen LogP contribution < -0.4 is 21.7 Å². The fraction of sp³-hybridized carbons (Fsp3) is 0.500. The Morgan fingerprint density at radius 3 is 2.07 bits per heavy atom. The monoisotopic (exact) mass is 422 g/mol. The van der Waals surface area contributed by atoms with Gasteiger partial charge in [-0.05, 0) is 37.0 Å². The fourth-order valence-electron chi connectivity index (χ4n) is 2.61. The molecule has 0 aromatic heterocycles. The second kappa shape index (κ2) is 11.8. The molecule has 3 atom stereocenters. The van der Waals surface area contributed by atoms with E-state index in [0.717, 1.165) is 0 Å². The van der Waals surface area contributed by atoms with Crippen LogP contribution in [0.3, 0.4) is 0 Å². The first-order valence-electron chi connectivity index (χ1n) is 9.63. The van der Waals surface area contributed by atoms with Crippen molar-refractivity contribution < 1.29 is 29.4 Å². The zero-order chi connectivity index (χ0) is 22.8.